The van der Waals surface area contributed by atoms with Crippen LogP contribution < -0.4 is 5.32 Å². The molecule has 1 heterocycles. The standard InChI is InChI=1S/C12H16N2O4/c1-7(2)10(12(17)18-3)14-9-4-8(11(15)16)5-13-6-9/h4-7,10,14H,1-3H3,(H,15,16). The third-order valence-corrected chi connectivity index (χ3v) is 2.43. The third kappa shape index (κ3) is 3.44. The Morgan fingerprint density at radius 1 is 1.39 bits per heavy atom. The van der Waals surface area contributed by atoms with Gasteiger partial charge >= 0.3 is 11.9 Å². The van der Waals surface area contributed by atoms with Crippen molar-refractivity contribution in [3.8, 4) is 0 Å². The molecule has 0 amide bonds. The van der Waals surface area contributed by atoms with Crippen molar-refractivity contribution >= 4 is 17.6 Å². The minimum absolute atomic E-state index is 0.00549. The average molecular weight is 252 g/mol. The Kier molecular flexibility index (Phi) is 4.65. The molecule has 0 bridgehead atoms. The topological polar surface area (TPSA) is 88.5 Å². The zero-order chi connectivity index (χ0) is 13.7. The molecular formula is C12H16N2O4. The number of carbonyl (C=O) groups is 2. The lowest BCUT2D eigenvalue weighted by molar-refractivity contribution is -0.142. The van der Waals surface area contributed by atoms with Crippen LogP contribution in [0.3, 0.4) is 0 Å². The van der Waals surface area contributed by atoms with E-state index in [0.29, 0.717) is 5.69 Å². The van der Waals surface area contributed by atoms with E-state index in [-0.39, 0.29) is 11.5 Å². The molecule has 6 heteroatoms. The molecule has 1 unspecified atom stereocenters. The second-order valence-corrected chi connectivity index (χ2v) is 4.16. The van der Waals surface area contributed by atoms with Gasteiger partial charge in [0.15, 0.2) is 0 Å². The lowest BCUT2D eigenvalue weighted by Gasteiger charge is -2.20. The summed E-state index contributed by atoms with van der Waals surface area (Å²) < 4.78 is 4.69. The number of esters is 1. The third-order valence-electron chi connectivity index (χ3n) is 2.43. The summed E-state index contributed by atoms with van der Waals surface area (Å²) in [5, 5.41) is 11.8. The van der Waals surface area contributed by atoms with Gasteiger partial charge in [-0.25, -0.2) is 9.59 Å². The van der Waals surface area contributed by atoms with Crippen LogP contribution in [0, 0.1) is 5.92 Å². The van der Waals surface area contributed by atoms with E-state index < -0.39 is 18.0 Å². The van der Waals surface area contributed by atoms with E-state index in [1.54, 1.807) is 0 Å². The lowest BCUT2D eigenvalue weighted by Crippen LogP contribution is -2.35. The van der Waals surface area contributed by atoms with Gasteiger partial charge in [0.05, 0.1) is 24.6 Å². The molecular weight excluding hydrogens is 236 g/mol. The first-order valence-electron chi connectivity index (χ1n) is 5.48. The van der Waals surface area contributed by atoms with Gasteiger partial charge in [-0.15, -0.1) is 0 Å². The fraction of sp³-hybridized carbons (Fsp3) is 0.417. The first kappa shape index (κ1) is 14.0. The Bertz CT molecular complexity index is 445. The van der Waals surface area contributed by atoms with Crippen molar-refractivity contribution in [1.82, 2.24) is 4.98 Å². The molecule has 6 nitrogen and oxygen atoms in total. The zero-order valence-corrected chi connectivity index (χ0v) is 10.5. The van der Waals surface area contributed by atoms with Gasteiger partial charge in [-0.05, 0) is 12.0 Å². The van der Waals surface area contributed by atoms with Crippen molar-refractivity contribution in [2.75, 3.05) is 12.4 Å². The minimum Gasteiger partial charge on any atom is -0.478 e. The average Bonchev–Trinajstić information content (AvgIpc) is 2.35. The summed E-state index contributed by atoms with van der Waals surface area (Å²) in [7, 11) is 1.31. The van der Waals surface area contributed by atoms with Crippen LogP contribution in [0.1, 0.15) is 24.2 Å². The van der Waals surface area contributed by atoms with Gasteiger partial charge in [-0.2, -0.15) is 0 Å². The van der Waals surface area contributed by atoms with E-state index in [1.807, 2.05) is 13.8 Å². The Morgan fingerprint density at radius 2 is 2.06 bits per heavy atom. The molecule has 1 aromatic rings. The number of aromatic nitrogens is 1. The van der Waals surface area contributed by atoms with E-state index in [2.05, 4.69) is 15.0 Å². The summed E-state index contributed by atoms with van der Waals surface area (Å²) in [5.74, 6) is -1.46. The summed E-state index contributed by atoms with van der Waals surface area (Å²) in [5.41, 5.74) is 0.534. The molecule has 1 aromatic heterocycles. The van der Waals surface area contributed by atoms with E-state index in [4.69, 9.17) is 5.11 Å². The van der Waals surface area contributed by atoms with Gasteiger partial charge in [0.1, 0.15) is 6.04 Å². The maximum Gasteiger partial charge on any atom is 0.337 e. The highest BCUT2D eigenvalue weighted by Gasteiger charge is 2.23. The molecule has 0 fully saturated rings. The Labute approximate surface area is 105 Å². The molecule has 2 N–H and O–H groups in total. The molecule has 0 aliphatic rings. The number of nitrogens with zero attached hydrogens (tertiary/aromatic N) is 1. The van der Waals surface area contributed by atoms with E-state index in [1.165, 1.54) is 25.6 Å². The highest BCUT2D eigenvalue weighted by molar-refractivity contribution is 5.88. The largest absolute Gasteiger partial charge is 0.478 e. The minimum atomic E-state index is -1.06. The molecule has 0 radical (unpaired) electrons. The highest BCUT2D eigenvalue weighted by atomic mass is 16.5. The molecule has 18 heavy (non-hydrogen) atoms. The number of methoxy groups -OCH3 is 1. The molecule has 0 aromatic carbocycles. The van der Waals surface area contributed by atoms with Crippen molar-refractivity contribution in [1.29, 1.82) is 0 Å². The number of hydrogen-bond acceptors (Lipinski definition) is 5. The summed E-state index contributed by atoms with van der Waals surface area (Å²) in [6.07, 6.45) is 2.71. The van der Waals surface area contributed by atoms with Crippen LogP contribution in [-0.2, 0) is 9.53 Å². The summed E-state index contributed by atoms with van der Waals surface area (Å²) in [6.45, 7) is 3.73. The van der Waals surface area contributed by atoms with Crippen molar-refractivity contribution in [2.24, 2.45) is 5.92 Å². The second kappa shape index (κ2) is 6.00. The maximum atomic E-state index is 11.6. The number of aromatic carboxylic acids is 1. The number of nitrogens with one attached hydrogen (secondary N) is 1. The van der Waals surface area contributed by atoms with Gasteiger partial charge in [0.25, 0.3) is 0 Å². The fourth-order valence-electron chi connectivity index (χ4n) is 1.44. The van der Waals surface area contributed by atoms with Crippen molar-refractivity contribution < 1.29 is 19.4 Å². The number of hydrogen-bond donors (Lipinski definition) is 2. The van der Waals surface area contributed by atoms with E-state index in [0.717, 1.165) is 0 Å². The lowest BCUT2D eigenvalue weighted by atomic mass is 10.0. The number of carboxylic acid groups (broad SMARTS) is 1. The van der Waals surface area contributed by atoms with Crippen molar-refractivity contribution in [2.45, 2.75) is 19.9 Å². The summed E-state index contributed by atoms with van der Waals surface area (Å²) in [4.78, 5) is 26.2. The predicted molar refractivity (Wildman–Crippen MR) is 65.5 cm³/mol. The molecule has 98 valence electrons. The smallest absolute Gasteiger partial charge is 0.337 e. The van der Waals surface area contributed by atoms with Gasteiger partial charge in [0, 0.05) is 6.20 Å². The van der Waals surface area contributed by atoms with Crippen LogP contribution in [0.25, 0.3) is 0 Å². The van der Waals surface area contributed by atoms with E-state index >= 15 is 0 Å². The van der Waals surface area contributed by atoms with Gasteiger partial charge in [0.2, 0.25) is 0 Å². The fourth-order valence-corrected chi connectivity index (χ4v) is 1.44. The van der Waals surface area contributed by atoms with Crippen LogP contribution >= 0.6 is 0 Å². The molecule has 0 saturated heterocycles. The number of carboxylic acids is 1. The van der Waals surface area contributed by atoms with Crippen LogP contribution in [0.2, 0.25) is 0 Å². The zero-order valence-electron chi connectivity index (χ0n) is 10.5. The Hall–Kier alpha value is -2.11. The SMILES string of the molecule is COC(=O)C(Nc1cncc(C(=O)O)c1)C(C)C. The molecule has 0 saturated carbocycles. The second-order valence-electron chi connectivity index (χ2n) is 4.16. The van der Waals surface area contributed by atoms with Gasteiger partial charge in [-0.3, -0.25) is 4.98 Å². The van der Waals surface area contributed by atoms with E-state index in [9.17, 15) is 9.59 Å². The Balaban J connectivity index is 2.90. The van der Waals surface area contributed by atoms with Gasteiger partial charge in [-0.1, -0.05) is 13.8 Å². The summed E-state index contributed by atoms with van der Waals surface area (Å²) in [6, 6.07) is 0.883. The summed E-state index contributed by atoms with van der Waals surface area (Å²) >= 11 is 0. The quantitative estimate of drug-likeness (QED) is 0.770. The monoisotopic (exact) mass is 252 g/mol. The Morgan fingerprint density at radius 3 is 2.56 bits per heavy atom. The number of rotatable bonds is 5. The number of ether oxygens (including phenoxy) is 1. The molecule has 0 spiro atoms. The van der Waals surface area contributed by atoms with Crippen LogP contribution in [-0.4, -0.2) is 35.2 Å². The normalized spacial score (nSPS) is 12.0. The van der Waals surface area contributed by atoms with Gasteiger partial charge < -0.3 is 15.2 Å². The number of pyridine rings is 1. The molecule has 1 rings (SSSR count). The maximum absolute atomic E-state index is 11.6. The first-order chi connectivity index (χ1) is 8.45. The number of anilines is 1. The van der Waals surface area contributed by atoms with Crippen LogP contribution in [0.5, 0.6) is 0 Å². The molecule has 1 atom stereocenters. The first-order valence-corrected chi connectivity index (χ1v) is 5.48. The predicted octanol–water partition coefficient (Wildman–Crippen LogP) is 1.39. The highest BCUT2D eigenvalue weighted by Crippen LogP contribution is 2.14. The number of carbonyl (C=O) groups excluding carboxylic acids is 1. The molecule has 0 aliphatic heterocycles. The van der Waals surface area contributed by atoms with Crippen molar-refractivity contribution in [3.63, 3.8) is 0 Å². The van der Waals surface area contributed by atoms with Crippen LogP contribution in [0.4, 0.5) is 5.69 Å². The molecule has 0 aliphatic carbocycles. The van der Waals surface area contributed by atoms with Crippen molar-refractivity contribution in [3.05, 3.63) is 24.0 Å². The van der Waals surface area contributed by atoms with Crippen LogP contribution in [0.15, 0.2) is 18.5 Å².